The number of anilines is 2. The van der Waals surface area contributed by atoms with Crippen LogP contribution in [0.15, 0.2) is 48.5 Å². The van der Waals surface area contributed by atoms with Gasteiger partial charge in [-0.15, -0.1) is 0 Å². The van der Waals surface area contributed by atoms with Gasteiger partial charge < -0.3 is 24.6 Å². The first kappa shape index (κ1) is 23.0. The van der Waals surface area contributed by atoms with E-state index in [1.807, 2.05) is 24.3 Å². The molecule has 2 aliphatic rings. The second kappa shape index (κ2) is 10.3. The van der Waals surface area contributed by atoms with Crippen LogP contribution in [-0.2, 0) is 24.1 Å². The fourth-order valence-electron chi connectivity index (χ4n) is 4.46. The maximum absolute atomic E-state index is 14.1. The molecule has 1 fully saturated rings. The second-order valence-corrected chi connectivity index (χ2v) is 8.60. The first-order chi connectivity index (χ1) is 17.1. The summed E-state index contributed by atoms with van der Waals surface area (Å²) in [6.45, 7) is 3.56. The maximum atomic E-state index is 14.1. The van der Waals surface area contributed by atoms with Crippen molar-refractivity contribution >= 4 is 17.5 Å². The van der Waals surface area contributed by atoms with Crippen LogP contribution in [0, 0.1) is 5.82 Å². The standard InChI is InChI=1S/C26H28FN5O3/c1-34-19-6-4-5-18(15-19)16-24-28-22-9-10-32(26(33)29-23-8-3-2-7-21(23)27)17-20(22)25(30-24)31-11-13-35-14-12-31/h2-8,15H,9-14,16-17H2,1H3,(H,29,33). The molecule has 0 radical (unpaired) electrons. The molecule has 1 aromatic heterocycles. The van der Waals surface area contributed by atoms with Crippen LogP contribution in [0.5, 0.6) is 5.75 Å². The topological polar surface area (TPSA) is 79.8 Å². The summed E-state index contributed by atoms with van der Waals surface area (Å²) in [5.41, 5.74) is 3.13. The molecule has 3 heterocycles. The van der Waals surface area contributed by atoms with Crippen molar-refractivity contribution < 1.29 is 18.7 Å². The number of nitrogens with one attached hydrogen (secondary N) is 1. The first-order valence-electron chi connectivity index (χ1n) is 11.8. The van der Waals surface area contributed by atoms with Gasteiger partial charge in [0.1, 0.15) is 23.2 Å². The summed E-state index contributed by atoms with van der Waals surface area (Å²) in [6, 6.07) is 13.7. The first-order valence-corrected chi connectivity index (χ1v) is 11.8. The average Bonchev–Trinajstić information content (AvgIpc) is 2.90. The third-order valence-corrected chi connectivity index (χ3v) is 6.29. The third-order valence-electron chi connectivity index (χ3n) is 6.29. The lowest BCUT2D eigenvalue weighted by molar-refractivity contribution is 0.122. The molecule has 1 saturated heterocycles. The number of rotatable bonds is 5. The maximum Gasteiger partial charge on any atom is 0.322 e. The third kappa shape index (κ3) is 5.19. The number of hydrogen-bond donors (Lipinski definition) is 1. The number of methoxy groups -OCH3 is 1. The van der Waals surface area contributed by atoms with Gasteiger partial charge in [0.05, 0.1) is 38.2 Å². The molecule has 0 bridgehead atoms. The number of nitrogens with zero attached hydrogens (tertiary/aromatic N) is 4. The quantitative estimate of drug-likeness (QED) is 0.605. The number of aromatic nitrogens is 2. The Morgan fingerprint density at radius 3 is 2.74 bits per heavy atom. The van der Waals surface area contributed by atoms with Crippen LogP contribution in [0.25, 0.3) is 0 Å². The minimum atomic E-state index is -0.460. The van der Waals surface area contributed by atoms with E-state index in [4.69, 9.17) is 19.4 Å². The lowest BCUT2D eigenvalue weighted by atomic mass is 10.0. The number of halogens is 1. The SMILES string of the molecule is COc1cccc(Cc2nc3c(c(N4CCOCC4)n2)CN(C(=O)Nc2ccccc2F)CC3)c1. The predicted octanol–water partition coefficient (Wildman–Crippen LogP) is 3.64. The molecule has 35 heavy (non-hydrogen) atoms. The van der Waals surface area contributed by atoms with Crippen LogP contribution >= 0.6 is 0 Å². The van der Waals surface area contributed by atoms with Crippen molar-refractivity contribution in [2.45, 2.75) is 19.4 Å². The number of carbonyl (C=O) groups excluding carboxylic acids is 1. The van der Waals surface area contributed by atoms with E-state index in [2.05, 4.69) is 10.2 Å². The highest BCUT2D eigenvalue weighted by atomic mass is 19.1. The molecule has 182 valence electrons. The average molecular weight is 478 g/mol. The summed E-state index contributed by atoms with van der Waals surface area (Å²) in [6.07, 6.45) is 1.18. The lowest BCUT2D eigenvalue weighted by Crippen LogP contribution is -2.42. The number of fused-ring (bicyclic) bond motifs is 1. The zero-order valence-electron chi connectivity index (χ0n) is 19.7. The normalized spacial score (nSPS) is 15.5. The lowest BCUT2D eigenvalue weighted by Gasteiger charge is -2.34. The molecule has 2 aliphatic heterocycles. The Labute approximate surface area is 203 Å². The van der Waals surface area contributed by atoms with Gasteiger partial charge in [-0.25, -0.2) is 19.2 Å². The Kier molecular flexibility index (Phi) is 6.76. The van der Waals surface area contributed by atoms with Crippen molar-refractivity contribution in [2.75, 3.05) is 50.2 Å². The number of urea groups is 1. The van der Waals surface area contributed by atoms with E-state index in [9.17, 15) is 9.18 Å². The molecule has 0 atom stereocenters. The molecule has 0 unspecified atom stereocenters. The Morgan fingerprint density at radius 1 is 1.11 bits per heavy atom. The van der Waals surface area contributed by atoms with Gasteiger partial charge in [-0.3, -0.25) is 0 Å². The highest BCUT2D eigenvalue weighted by Crippen LogP contribution is 2.29. The molecule has 2 amide bonds. The molecule has 3 aromatic rings. The number of carbonyl (C=O) groups is 1. The molecule has 0 spiro atoms. The van der Waals surface area contributed by atoms with E-state index in [-0.39, 0.29) is 11.7 Å². The monoisotopic (exact) mass is 477 g/mol. The molecule has 8 nitrogen and oxygen atoms in total. The van der Waals surface area contributed by atoms with Gasteiger partial charge in [0.2, 0.25) is 0 Å². The summed E-state index contributed by atoms with van der Waals surface area (Å²) < 4.78 is 25.0. The number of para-hydroxylation sites is 1. The minimum Gasteiger partial charge on any atom is -0.497 e. The largest absolute Gasteiger partial charge is 0.497 e. The number of amides is 2. The van der Waals surface area contributed by atoms with Crippen molar-refractivity contribution in [2.24, 2.45) is 0 Å². The Bertz CT molecular complexity index is 1220. The van der Waals surface area contributed by atoms with Crippen molar-refractivity contribution in [1.29, 1.82) is 0 Å². The summed E-state index contributed by atoms with van der Waals surface area (Å²) in [5.74, 6) is 1.92. The van der Waals surface area contributed by atoms with Crippen LogP contribution in [0.1, 0.15) is 22.6 Å². The molecule has 9 heteroatoms. The van der Waals surface area contributed by atoms with Crippen LogP contribution < -0.4 is 15.0 Å². The van der Waals surface area contributed by atoms with Crippen molar-refractivity contribution in [1.82, 2.24) is 14.9 Å². The van der Waals surface area contributed by atoms with Gasteiger partial charge in [-0.1, -0.05) is 24.3 Å². The van der Waals surface area contributed by atoms with Gasteiger partial charge in [0, 0.05) is 38.0 Å². The van der Waals surface area contributed by atoms with Gasteiger partial charge in [-0.2, -0.15) is 0 Å². The highest BCUT2D eigenvalue weighted by molar-refractivity contribution is 5.89. The molecule has 1 N–H and O–H groups in total. The minimum absolute atomic E-state index is 0.168. The molecule has 0 aliphatic carbocycles. The van der Waals surface area contributed by atoms with Crippen LogP contribution in [0.2, 0.25) is 0 Å². The summed E-state index contributed by atoms with van der Waals surface area (Å²) in [5, 5.41) is 2.69. The number of benzene rings is 2. The van der Waals surface area contributed by atoms with E-state index in [1.165, 1.54) is 6.07 Å². The van der Waals surface area contributed by atoms with E-state index >= 15 is 0 Å². The van der Waals surface area contributed by atoms with E-state index in [1.54, 1.807) is 30.2 Å². The molecular formula is C26H28FN5O3. The van der Waals surface area contributed by atoms with Crippen LogP contribution in [-0.4, -0.2) is 60.9 Å². The number of morpholine rings is 1. The summed E-state index contributed by atoms with van der Waals surface area (Å²) in [4.78, 5) is 26.7. The second-order valence-electron chi connectivity index (χ2n) is 8.60. The summed E-state index contributed by atoms with van der Waals surface area (Å²) in [7, 11) is 1.65. The summed E-state index contributed by atoms with van der Waals surface area (Å²) >= 11 is 0. The van der Waals surface area contributed by atoms with E-state index in [0.717, 1.165) is 47.3 Å². The molecular weight excluding hydrogens is 449 g/mol. The van der Waals surface area contributed by atoms with Gasteiger partial charge in [-0.05, 0) is 29.8 Å². The zero-order chi connectivity index (χ0) is 24.2. The van der Waals surface area contributed by atoms with Crippen molar-refractivity contribution in [3.63, 3.8) is 0 Å². The number of hydrogen-bond acceptors (Lipinski definition) is 6. The van der Waals surface area contributed by atoms with Crippen LogP contribution in [0.4, 0.5) is 20.7 Å². The fourth-order valence-corrected chi connectivity index (χ4v) is 4.46. The highest BCUT2D eigenvalue weighted by Gasteiger charge is 2.28. The molecule has 5 rings (SSSR count). The van der Waals surface area contributed by atoms with Gasteiger partial charge in [0.15, 0.2) is 0 Å². The van der Waals surface area contributed by atoms with Crippen molar-refractivity contribution in [3.8, 4) is 5.75 Å². The van der Waals surface area contributed by atoms with E-state index in [0.29, 0.717) is 39.1 Å². The van der Waals surface area contributed by atoms with E-state index < -0.39 is 5.82 Å². The Morgan fingerprint density at radius 2 is 1.94 bits per heavy atom. The molecule has 2 aromatic carbocycles. The predicted molar refractivity (Wildman–Crippen MR) is 130 cm³/mol. The van der Waals surface area contributed by atoms with Crippen LogP contribution in [0.3, 0.4) is 0 Å². The fraction of sp³-hybridized carbons (Fsp3) is 0.346. The Hall–Kier alpha value is -3.72. The van der Waals surface area contributed by atoms with Gasteiger partial charge in [0.25, 0.3) is 0 Å². The number of ether oxygens (including phenoxy) is 2. The smallest absolute Gasteiger partial charge is 0.322 e. The van der Waals surface area contributed by atoms with Gasteiger partial charge >= 0.3 is 6.03 Å². The zero-order valence-corrected chi connectivity index (χ0v) is 19.7. The Balaban J connectivity index is 1.42. The molecule has 0 saturated carbocycles. The van der Waals surface area contributed by atoms with Crippen molar-refractivity contribution in [3.05, 3.63) is 77.0 Å².